The molecule has 6 N–H and O–H groups in total. The molecule has 3 rings (SSSR count). The highest BCUT2D eigenvalue weighted by molar-refractivity contribution is 5.79. The summed E-state index contributed by atoms with van der Waals surface area (Å²) in [5.74, 6) is 0.216. The van der Waals surface area contributed by atoms with Crippen LogP contribution in [0.1, 0.15) is 30.4 Å². The van der Waals surface area contributed by atoms with E-state index in [1.165, 1.54) is 0 Å². The lowest BCUT2D eigenvalue weighted by atomic mass is 9.98. The van der Waals surface area contributed by atoms with Gasteiger partial charge >= 0.3 is 0 Å². The lowest BCUT2D eigenvalue weighted by Gasteiger charge is -2.40. The Labute approximate surface area is 197 Å². The summed E-state index contributed by atoms with van der Waals surface area (Å²) >= 11 is 0. The van der Waals surface area contributed by atoms with Crippen molar-refractivity contribution in [2.45, 2.75) is 68.9 Å². The summed E-state index contributed by atoms with van der Waals surface area (Å²) in [6.45, 7) is -0.575. The summed E-state index contributed by atoms with van der Waals surface area (Å²) in [6.07, 6.45) is -6.03. The van der Waals surface area contributed by atoms with Gasteiger partial charge in [-0.3, -0.25) is 4.79 Å². The second-order valence-corrected chi connectivity index (χ2v) is 8.57. The average Bonchev–Trinajstić information content (AvgIpc) is 2.83. The monoisotopic (exact) mass is 476 g/mol. The Morgan fingerprint density at radius 2 is 1.41 bits per heavy atom. The van der Waals surface area contributed by atoms with Gasteiger partial charge in [-0.05, 0) is 54.7 Å². The van der Waals surface area contributed by atoms with E-state index in [1.807, 2.05) is 0 Å². The fourth-order valence-corrected chi connectivity index (χ4v) is 3.88. The van der Waals surface area contributed by atoms with E-state index >= 15 is 0 Å². The predicted octanol–water partition coefficient (Wildman–Crippen LogP) is 0.807. The number of carbonyl (C=O) groups excluding carboxylic acids is 1. The summed E-state index contributed by atoms with van der Waals surface area (Å²) in [7, 11) is 0. The highest BCUT2D eigenvalue weighted by atomic mass is 16.7. The van der Waals surface area contributed by atoms with E-state index in [-0.39, 0.29) is 30.1 Å². The van der Waals surface area contributed by atoms with Crippen molar-refractivity contribution < 1.29 is 44.9 Å². The third-order valence-corrected chi connectivity index (χ3v) is 5.95. The van der Waals surface area contributed by atoms with Crippen molar-refractivity contribution in [3.63, 3.8) is 0 Å². The van der Waals surface area contributed by atoms with Crippen LogP contribution in [0.25, 0.3) is 0 Å². The Bertz CT molecular complexity index is 898. The summed E-state index contributed by atoms with van der Waals surface area (Å²) in [4.78, 5) is 12.7. The molecule has 0 saturated carbocycles. The number of carbonyl (C=O) groups is 1. The number of Topliss-reactive ketones (excluding diaryl/α,β-unsaturated/α-hetero) is 1. The van der Waals surface area contributed by atoms with Crippen LogP contribution in [0.4, 0.5) is 0 Å². The molecule has 1 fully saturated rings. The topological polar surface area (TPSA) is 157 Å². The van der Waals surface area contributed by atoms with Gasteiger partial charge in [0, 0.05) is 12.8 Å². The number of ether oxygens (including phenoxy) is 2. The number of phenolic OH excluding ortho intramolecular Hbond substituents is 2. The zero-order valence-corrected chi connectivity index (χ0v) is 18.7. The zero-order valence-electron chi connectivity index (χ0n) is 18.7. The summed E-state index contributed by atoms with van der Waals surface area (Å²) in [5, 5.41) is 58.6. The van der Waals surface area contributed by atoms with Crippen LogP contribution in [-0.2, 0) is 27.1 Å². The second-order valence-electron chi connectivity index (χ2n) is 8.57. The molecule has 1 aliphatic heterocycles. The molecule has 2 aromatic carbocycles. The average molecular weight is 477 g/mol. The minimum absolute atomic E-state index is 0.0329. The number of aromatic hydroxyl groups is 2. The number of aliphatic hydroxyl groups is 4. The molecule has 0 radical (unpaired) electrons. The smallest absolute Gasteiger partial charge is 0.186 e. The highest BCUT2D eigenvalue weighted by Crippen LogP contribution is 2.25. The third kappa shape index (κ3) is 7.23. The largest absolute Gasteiger partial charge is 0.508 e. The van der Waals surface area contributed by atoms with Crippen LogP contribution < -0.4 is 0 Å². The van der Waals surface area contributed by atoms with E-state index in [2.05, 4.69) is 0 Å². The highest BCUT2D eigenvalue weighted by Gasteiger charge is 2.44. The van der Waals surface area contributed by atoms with Crippen molar-refractivity contribution in [2.24, 2.45) is 0 Å². The maximum atomic E-state index is 12.7. The van der Waals surface area contributed by atoms with E-state index in [1.54, 1.807) is 48.5 Å². The van der Waals surface area contributed by atoms with Gasteiger partial charge in [0.1, 0.15) is 41.7 Å². The summed E-state index contributed by atoms with van der Waals surface area (Å²) in [6, 6.07) is 13.2. The van der Waals surface area contributed by atoms with Crippen molar-refractivity contribution in [3.8, 4) is 11.5 Å². The molecule has 9 nitrogen and oxygen atoms in total. The van der Waals surface area contributed by atoms with E-state index in [0.29, 0.717) is 19.3 Å². The quantitative estimate of drug-likeness (QED) is 0.276. The summed E-state index contributed by atoms with van der Waals surface area (Å²) < 4.78 is 11.3. The van der Waals surface area contributed by atoms with Gasteiger partial charge in [-0.25, -0.2) is 0 Å². The molecule has 186 valence electrons. The number of phenols is 2. The van der Waals surface area contributed by atoms with Crippen LogP contribution in [0, 0.1) is 0 Å². The van der Waals surface area contributed by atoms with E-state index in [4.69, 9.17) is 9.47 Å². The number of benzene rings is 2. The van der Waals surface area contributed by atoms with Crippen molar-refractivity contribution in [3.05, 3.63) is 59.7 Å². The first kappa shape index (κ1) is 26.1. The van der Waals surface area contributed by atoms with Crippen molar-refractivity contribution in [1.29, 1.82) is 0 Å². The second kappa shape index (κ2) is 12.3. The molecule has 6 atom stereocenters. The lowest BCUT2D eigenvalue weighted by Crippen LogP contribution is -2.59. The van der Waals surface area contributed by atoms with Crippen LogP contribution in [-0.4, -0.2) is 79.8 Å². The Balaban J connectivity index is 1.64. The Morgan fingerprint density at radius 3 is 1.97 bits per heavy atom. The van der Waals surface area contributed by atoms with Crippen molar-refractivity contribution in [1.82, 2.24) is 0 Å². The molecule has 0 amide bonds. The van der Waals surface area contributed by atoms with Gasteiger partial charge in [-0.15, -0.1) is 0 Å². The maximum absolute atomic E-state index is 12.7. The van der Waals surface area contributed by atoms with Gasteiger partial charge in [-0.1, -0.05) is 24.3 Å². The van der Waals surface area contributed by atoms with Gasteiger partial charge in [0.15, 0.2) is 6.29 Å². The number of ketones is 1. The van der Waals surface area contributed by atoms with Crippen LogP contribution in [0.2, 0.25) is 0 Å². The molecule has 1 saturated heterocycles. The van der Waals surface area contributed by atoms with Crippen LogP contribution in [0.15, 0.2) is 48.5 Å². The molecule has 2 aromatic rings. The molecule has 0 unspecified atom stereocenters. The Hall–Kier alpha value is -2.53. The van der Waals surface area contributed by atoms with Gasteiger partial charge in [0.25, 0.3) is 0 Å². The van der Waals surface area contributed by atoms with E-state index in [0.717, 1.165) is 11.1 Å². The molecule has 1 heterocycles. The van der Waals surface area contributed by atoms with Crippen LogP contribution >= 0.6 is 0 Å². The number of aryl methyl sites for hydroxylation is 2. The molecule has 34 heavy (non-hydrogen) atoms. The van der Waals surface area contributed by atoms with Crippen molar-refractivity contribution in [2.75, 3.05) is 6.61 Å². The predicted molar refractivity (Wildman–Crippen MR) is 121 cm³/mol. The third-order valence-electron chi connectivity index (χ3n) is 5.95. The fourth-order valence-electron chi connectivity index (χ4n) is 3.88. The number of hydrogen-bond donors (Lipinski definition) is 6. The SMILES string of the molecule is O=C(CCc1ccc(O)cc1)C[C@H](CCc1ccc(O)cc1)O[C@@H]1O[C@H](CO)[C@H](O)[C@@H](O)[C@H]1O. The molecule has 1 aliphatic rings. The fraction of sp³-hybridized carbons (Fsp3) is 0.480. The first-order valence-electron chi connectivity index (χ1n) is 11.3. The van der Waals surface area contributed by atoms with Crippen molar-refractivity contribution >= 4 is 5.78 Å². The molecule has 0 spiro atoms. The Morgan fingerprint density at radius 1 is 0.853 bits per heavy atom. The van der Waals surface area contributed by atoms with E-state index in [9.17, 15) is 35.4 Å². The molecule has 0 aliphatic carbocycles. The zero-order chi connectivity index (χ0) is 24.7. The molecule has 0 aromatic heterocycles. The normalized spacial score (nSPS) is 25.7. The van der Waals surface area contributed by atoms with Gasteiger partial charge in [-0.2, -0.15) is 0 Å². The van der Waals surface area contributed by atoms with Crippen LogP contribution in [0.5, 0.6) is 11.5 Å². The molecule has 0 bridgehead atoms. The molecular formula is C25H32O9. The minimum atomic E-state index is -1.57. The summed E-state index contributed by atoms with van der Waals surface area (Å²) in [5.41, 5.74) is 1.82. The number of hydrogen-bond acceptors (Lipinski definition) is 9. The minimum Gasteiger partial charge on any atom is -0.508 e. The standard InChI is InChI=1S/C25H32O9/c26-14-21-22(30)23(31)24(32)25(34-21)33-20(12-6-16-3-9-18(28)10-4-16)13-19(29)11-5-15-1-7-17(27)8-2-15/h1-4,7-10,20-28,30-32H,5-6,11-14H2/t20-,21+,22-,23+,24+,25+/m0/s1. The number of aliphatic hydroxyl groups excluding tert-OH is 4. The Kier molecular flexibility index (Phi) is 9.40. The molecular weight excluding hydrogens is 444 g/mol. The van der Waals surface area contributed by atoms with Gasteiger partial charge < -0.3 is 40.1 Å². The first-order chi connectivity index (χ1) is 16.3. The van der Waals surface area contributed by atoms with E-state index < -0.39 is 43.4 Å². The van der Waals surface area contributed by atoms with Gasteiger partial charge in [0.2, 0.25) is 0 Å². The first-order valence-corrected chi connectivity index (χ1v) is 11.3. The number of rotatable bonds is 11. The maximum Gasteiger partial charge on any atom is 0.186 e. The van der Waals surface area contributed by atoms with Gasteiger partial charge in [0.05, 0.1) is 12.7 Å². The molecule has 9 heteroatoms. The van der Waals surface area contributed by atoms with Crippen LogP contribution in [0.3, 0.4) is 0 Å². The lowest BCUT2D eigenvalue weighted by molar-refractivity contribution is -0.311.